The summed E-state index contributed by atoms with van der Waals surface area (Å²) in [6, 6.07) is 7.27. The number of hydrogen-bond acceptors (Lipinski definition) is 6. The Labute approximate surface area is 170 Å². The first kappa shape index (κ1) is 20.6. The van der Waals surface area contributed by atoms with Crippen LogP contribution in [0.15, 0.2) is 36.7 Å². The first-order chi connectivity index (χ1) is 14.1. The van der Waals surface area contributed by atoms with Crippen LogP contribution in [0.2, 0.25) is 0 Å². The van der Waals surface area contributed by atoms with Gasteiger partial charge in [-0.3, -0.25) is 14.6 Å². The van der Waals surface area contributed by atoms with E-state index in [0.29, 0.717) is 36.8 Å². The second kappa shape index (κ2) is 9.41. The number of benzene rings is 1. The summed E-state index contributed by atoms with van der Waals surface area (Å²) in [5.41, 5.74) is 2.01. The van der Waals surface area contributed by atoms with Crippen molar-refractivity contribution in [3.05, 3.63) is 42.2 Å². The van der Waals surface area contributed by atoms with Crippen LogP contribution in [0.3, 0.4) is 0 Å². The summed E-state index contributed by atoms with van der Waals surface area (Å²) in [6.07, 6.45) is 4.74. The van der Waals surface area contributed by atoms with E-state index in [1.165, 1.54) is 0 Å². The Morgan fingerprint density at radius 2 is 2.00 bits per heavy atom. The van der Waals surface area contributed by atoms with E-state index < -0.39 is 0 Å². The molecule has 2 aromatic rings. The van der Waals surface area contributed by atoms with E-state index in [1.807, 2.05) is 18.2 Å². The number of methoxy groups -OCH3 is 2. The quantitative estimate of drug-likeness (QED) is 0.696. The SMILES string of the molecule is CCOC(=O)[C@@H]1CCCN(C(=O)c2cncc(-c3cc(OC)ccc3OC)c2)C1. The van der Waals surface area contributed by atoms with Crippen molar-refractivity contribution < 1.29 is 23.8 Å². The van der Waals surface area contributed by atoms with Crippen LogP contribution in [0.4, 0.5) is 0 Å². The Bertz CT molecular complexity index is 883. The number of hydrogen-bond donors (Lipinski definition) is 0. The van der Waals surface area contributed by atoms with Crippen molar-refractivity contribution in [2.45, 2.75) is 19.8 Å². The molecule has 0 unspecified atom stereocenters. The maximum atomic E-state index is 13.1. The number of carbonyl (C=O) groups excluding carboxylic acids is 2. The Kier molecular flexibility index (Phi) is 6.69. The monoisotopic (exact) mass is 398 g/mol. The van der Waals surface area contributed by atoms with Gasteiger partial charge in [-0.2, -0.15) is 0 Å². The van der Waals surface area contributed by atoms with Gasteiger partial charge in [0.1, 0.15) is 11.5 Å². The number of amides is 1. The minimum atomic E-state index is -0.276. The standard InChI is InChI=1S/C22H26N2O5/c1-4-29-22(26)15-6-5-9-24(14-15)21(25)17-10-16(12-23-13-17)19-11-18(27-2)7-8-20(19)28-3/h7-8,10-13,15H,4-6,9,14H2,1-3H3/t15-/m1/s1. The van der Waals surface area contributed by atoms with Gasteiger partial charge in [0.15, 0.2) is 0 Å². The summed E-state index contributed by atoms with van der Waals surface area (Å²) in [6.45, 7) is 3.11. The number of esters is 1. The maximum absolute atomic E-state index is 13.1. The van der Waals surface area contributed by atoms with Crippen LogP contribution < -0.4 is 9.47 Å². The third-order valence-electron chi connectivity index (χ3n) is 5.03. The van der Waals surface area contributed by atoms with Crippen LogP contribution in [0.25, 0.3) is 11.1 Å². The first-order valence-electron chi connectivity index (χ1n) is 9.70. The summed E-state index contributed by atoms with van der Waals surface area (Å²) >= 11 is 0. The topological polar surface area (TPSA) is 78.0 Å². The van der Waals surface area contributed by atoms with E-state index in [1.54, 1.807) is 44.5 Å². The van der Waals surface area contributed by atoms with Gasteiger partial charge in [0.2, 0.25) is 0 Å². The number of aromatic nitrogens is 1. The van der Waals surface area contributed by atoms with Crippen molar-refractivity contribution in [3.8, 4) is 22.6 Å². The molecule has 1 atom stereocenters. The minimum Gasteiger partial charge on any atom is -0.497 e. The molecule has 0 bridgehead atoms. The lowest BCUT2D eigenvalue weighted by molar-refractivity contribution is -0.149. The average molecular weight is 398 g/mol. The fraction of sp³-hybridized carbons (Fsp3) is 0.409. The van der Waals surface area contributed by atoms with E-state index in [0.717, 1.165) is 24.0 Å². The Morgan fingerprint density at radius 1 is 1.17 bits per heavy atom. The predicted octanol–water partition coefficient (Wildman–Crippen LogP) is 3.18. The molecule has 0 aliphatic carbocycles. The molecule has 7 nitrogen and oxygen atoms in total. The van der Waals surface area contributed by atoms with Gasteiger partial charge in [-0.05, 0) is 44.0 Å². The lowest BCUT2D eigenvalue weighted by Gasteiger charge is -2.31. The molecule has 0 saturated carbocycles. The van der Waals surface area contributed by atoms with Gasteiger partial charge in [-0.15, -0.1) is 0 Å². The van der Waals surface area contributed by atoms with Crippen LogP contribution in [0.1, 0.15) is 30.1 Å². The van der Waals surface area contributed by atoms with Gasteiger partial charge in [0.05, 0.1) is 32.3 Å². The molecule has 7 heteroatoms. The molecule has 2 heterocycles. The summed E-state index contributed by atoms with van der Waals surface area (Å²) in [5.74, 6) is 0.693. The summed E-state index contributed by atoms with van der Waals surface area (Å²) in [7, 11) is 3.19. The summed E-state index contributed by atoms with van der Waals surface area (Å²) in [5, 5.41) is 0. The van der Waals surface area contributed by atoms with Crippen molar-refractivity contribution in [1.82, 2.24) is 9.88 Å². The van der Waals surface area contributed by atoms with E-state index in [-0.39, 0.29) is 17.8 Å². The third-order valence-corrected chi connectivity index (χ3v) is 5.03. The Balaban J connectivity index is 1.84. The number of pyridine rings is 1. The zero-order chi connectivity index (χ0) is 20.8. The lowest BCUT2D eigenvalue weighted by atomic mass is 9.97. The maximum Gasteiger partial charge on any atom is 0.310 e. The molecule has 3 rings (SSSR count). The second-order valence-corrected chi connectivity index (χ2v) is 6.87. The van der Waals surface area contributed by atoms with Crippen LogP contribution in [-0.2, 0) is 9.53 Å². The molecule has 154 valence electrons. The highest BCUT2D eigenvalue weighted by atomic mass is 16.5. The molecule has 1 aliphatic heterocycles. The fourth-order valence-electron chi connectivity index (χ4n) is 3.54. The molecule has 1 amide bonds. The van der Waals surface area contributed by atoms with E-state index >= 15 is 0 Å². The van der Waals surface area contributed by atoms with Crippen molar-refractivity contribution in [3.63, 3.8) is 0 Å². The van der Waals surface area contributed by atoms with E-state index in [4.69, 9.17) is 14.2 Å². The molecule has 1 fully saturated rings. The van der Waals surface area contributed by atoms with Gasteiger partial charge in [-0.1, -0.05) is 0 Å². The third kappa shape index (κ3) is 4.67. The van der Waals surface area contributed by atoms with Crippen molar-refractivity contribution in [2.24, 2.45) is 5.92 Å². The molecule has 29 heavy (non-hydrogen) atoms. The highest BCUT2D eigenvalue weighted by Gasteiger charge is 2.30. The number of likely N-dealkylation sites (tertiary alicyclic amines) is 1. The number of carbonyl (C=O) groups is 2. The fourth-order valence-corrected chi connectivity index (χ4v) is 3.54. The average Bonchev–Trinajstić information content (AvgIpc) is 2.78. The van der Waals surface area contributed by atoms with E-state index in [9.17, 15) is 9.59 Å². The highest BCUT2D eigenvalue weighted by Crippen LogP contribution is 2.33. The minimum absolute atomic E-state index is 0.143. The highest BCUT2D eigenvalue weighted by molar-refractivity contribution is 5.95. The predicted molar refractivity (Wildman–Crippen MR) is 108 cm³/mol. The van der Waals surface area contributed by atoms with Crippen LogP contribution in [-0.4, -0.2) is 55.7 Å². The number of rotatable bonds is 6. The van der Waals surface area contributed by atoms with Crippen molar-refractivity contribution in [1.29, 1.82) is 0 Å². The number of ether oxygens (including phenoxy) is 3. The lowest BCUT2D eigenvalue weighted by Crippen LogP contribution is -2.42. The molecule has 0 N–H and O–H groups in total. The smallest absolute Gasteiger partial charge is 0.310 e. The molecule has 1 aromatic carbocycles. The molecular formula is C22H26N2O5. The molecule has 1 saturated heterocycles. The zero-order valence-corrected chi connectivity index (χ0v) is 17.0. The zero-order valence-electron chi connectivity index (χ0n) is 17.0. The van der Waals surface area contributed by atoms with E-state index in [2.05, 4.69) is 4.98 Å². The second-order valence-electron chi connectivity index (χ2n) is 6.87. The Morgan fingerprint density at radius 3 is 2.72 bits per heavy atom. The number of nitrogens with zero attached hydrogens (tertiary/aromatic N) is 2. The van der Waals surface area contributed by atoms with Crippen molar-refractivity contribution in [2.75, 3.05) is 33.9 Å². The van der Waals surface area contributed by atoms with Gasteiger partial charge >= 0.3 is 5.97 Å². The van der Waals surface area contributed by atoms with Crippen LogP contribution in [0.5, 0.6) is 11.5 Å². The molecule has 1 aromatic heterocycles. The largest absolute Gasteiger partial charge is 0.497 e. The normalized spacial score (nSPS) is 16.2. The van der Waals surface area contributed by atoms with Crippen LogP contribution >= 0.6 is 0 Å². The first-order valence-corrected chi connectivity index (χ1v) is 9.70. The molecular weight excluding hydrogens is 372 g/mol. The molecule has 0 spiro atoms. The van der Waals surface area contributed by atoms with Crippen molar-refractivity contribution >= 4 is 11.9 Å². The molecule has 0 radical (unpaired) electrons. The Hall–Kier alpha value is -3.09. The van der Waals surface area contributed by atoms with Gasteiger partial charge < -0.3 is 19.1 Å². The summed E-state index contributed by atoms with van der Waals surface area (Å²) < 4.78 is 15.9. The number of piperidine rings is 1. The molecule has 1 aliphatic rings. The van der Waals surface area contributed by atoms with Gasteiger partial charge in [-0.25, -0.2) is 0 Å². The van der Waals surface area contributed by atoms with Gasteiger partial charge in [0.25, 0.3) is 5.91 Å². The van der Waals surface area contributed by atoms with Gasteiger partial charge in [0, 0.05) is 36.6 Å². The van der Waals surface area contributed by atoms with Crippen LogP contribution in [0, 0.1) is 5.92 Å². The summed E-state index contributed by atoms with van der Waals surface area (Å²) in [4.78, 5) is 31.1.